The molecular formula is C18H25IN6O. The lowest BCUT2D eigenvalue weighted by molar-refractivity contribution is 0.0954. The predicted molar refractivity (Wildman–Crippen MR) is 114 cm³/mol. The Balaban J connectivity index is 0.00000338. The molecule has 0 radical (unpaired) electrons. The highest BCUT2D eigenvalue weighted by molar-refractivity contribution is 14.0. The van der Waals surface area contributed by atoms with Gasteiger partial charge in [0.2, 0.25) is 0 Å². The van der Waals surface area contributed by atoms with Crippen LogP contribution in [0.5, 0.6) is 0 Å². The molecule has 0 aliphatic carbocycles. The number of hydrogen-bond donors (Lipinski definition) is 3. The van der Waals surface area contributed by atoms with Crippen molar-refractivity contribution in [2.24, 2.45) is 4.99 Å². The lowest BCUT2D eigenvalue weighted by Crippen LogP contribution is -2.41. The fraction of sp³-hybridized carbons (Fsp3) is 0.333. The van der Waals surface area contributed by atoms with Crippen LogP contribution in [0.1, 0.15) is 23.0 Å². The van der Waals surface area contributed by atoms with Crippen molar-refractivity contribution < 1.29 is 4.79 Å². The van der Waals surface area contributed by atoms with Crippen LogP contribution in [0.3, 0.4) is 0 Å². The van der Waals surface area contributed by atoms with Gasteiger partial charge in [-0.3, -0.25) is 19.8 Å². The number of amides is 1. The fourth-order valence-electron chi connectivity index (χ4n) is 2.13. The molecule has 0 aromatic carbocycles. The molecular weight excluding hydrogens is 443 g/mol. The van der Waals surface area contributed by atoms with E-state index in [4.69, 9.17) is 0 Å². The van der Waals surface area contributed by atoms with Crippen molar-refractivity contribution in [2.75, 3.05) is 26.2 Å². The van der Waals surface area contributed by atoms with E-state index in [1.807, 2.05) is 25.1 Å². The van der Waals surface area contributed by atoms with Crippen molar-refractivity contribution in [2.45, 2.75) is 13.3 Å². The average Bonchev–Trinajstić information content (AvgIpc) is 2.66. The zero-order chi connectivity index (χ0) is 17.7. The maximum absolute atomic E-state index is 11.9. The van der Waals surface area contributed by atoms with E-state index in [2.05, 4.69) is 30.9 Å². The summed E-state index contributed by atoms with van der Waals surface area (Å²) in [6.45, 7) is 4.52. The quantitative estimate of drug-likeness (QED) is 0.237. The highest BCUT2D eigenvalue weighted by atomic mass is 127. The molecule has 2 aromatic rings. The third-order valence-corrected chi connectivity index (χ3v) is 3.33. The molecule has 0 saturated carbocycles. The number of carbonyl (C=O) groups excluding carboxylic acids is 1. The van der Waals surface area contributed by atoms with Gasteiger partial charge in [0.15, 0.2) is 5.96 Å². The first kappa shape index (κ1) is 21.8. The van der Waals surface area contributed by atoms with Crippen molar-refractivity contribution in [3.05, 3.63) is 60.2 Å². The first-order valence-corrected chi connectivity index (χ1v) is 8.40. The lowest BCUT2D eigenvalue weighted by atomic mass is 10.3. The Morgan fingerprint density at radius 1 is 1.08 bits per heavy atom. The molecule has 7 nitrogen and oxygen atoms in total. The second-order valence-electron chi connectivity index (χ2n) is 5.26. The number of rotatable bonds is 8. The number of guanidine groups is 1. The Morgan fingerprint density at radius 3 is 2.62 bits per heavy atom. The zero-order valence-electron chi connectivity index (χ0n) is 14.8. The van der Waals surface area contributed by atoms with Crippen LogP contribution in [-0.2, 0) is 6.42 Å². The van der Waals surface area contributed by atoms with E-state index in [-0.39, 0.29) is 29.9 Å². The number of pyridine rings is 2. The molecule has 0 spiro atoms. The number of hydrogen-bond acceptors (Lipinski definition) is 4. The van der Waals surface area contributed by atoms with Crippen molar-refractivity contribution in [3.63, 3.8) is 0 Å². The van der Waals surface area contributed by atoms with Gasteiger partial charge in [-0.25, -0.2) is 0 Å². The number of halogens is 1. The summed E-state index contributed by atoms with van der Waals surface area (Å²) in [7, 11) is 0. The van der Waals surface area contributed by atoms with E-state index in [0.29, 0.717) is 25.2 Å². The smallest absolute Gasteiger partial charge is 0.252 e. The van der Waals surface area contributed by atoms with Gasteiger partial charge in [-0.1, -0.05) is 6.07 Å². The minimum Gasteiger partial charge on any atom is -0.357 e. The summed E-state index contributed by atoms with van der Waals surface area (Å²) in [6.07, 6.45) is 5.76. The summed E-state index contributed by atoms with van der Waals surface area (Å²) in [6, 6.07) is 9.34. The van der Waals surface area contributed by atoms with Crippen LogP contribution in [0.4, 0.5) is 0 Å². The van der Waals surface area contributed by atoms with Crippen LogP contribution in [0.25, 0.3) is 0 Å². The molecule has 140 valence electrons. The lowest BCUT2D eigenvalue weighted by Gasteiger charge is -2.11. The highest BCUT2D eigenvalue weighted by Crippen LogP contribution is 1.95. The summed E-state index contributed by atoms with van der Waals surface area (Å²) in [5, 5.41) is 9.23. The van der Waals surface area contributed by atoms with Crippen LogP contribution in [0, 0.1) is 0 Å². The van der Waals surface area contributed by atoms with Gasteiger partial charge in [0.05, 0.1) is 5.56 Å². The molecule has 0 bridgehead atoms. The van der Waals surface area contributed by atoms with Crippen LogP contribution >= 0.6 is 24.0 Å². The normalized spacial score (nSPS) is 10.6. The van der Waals surface area contributed by atoms with Crippen molar-refractivity contribution in [1.82, 2.24) is 25.9 Å². The Kier molecular flexibility index (Phi) is 10.9. The van der Waals surface area contributed by atoms with Crippen molar-refractivity contribution >= 4 is 35.8 Å². The van der Waals surface area contributed by atoms with Gasteiger partial charge >= 0.3 is 0 Å². The minimum atomic E-state index is -0.132. The SMILES string of the molecule is CCNC(=NCCc1ccccn1)NCCNC(=O)c1cccnc1.I. The molecule has 0 aliphatic rings. The molecule has 3 N–H and O–H groups in total. The van der Waals surface area contributed by atoms with Gasteiger partial charge in [-0.2, -0.15) is 0 Å². The molecule has 0 atom stereocenters. The van der Waals surface area contributed by atoms with Crippen LogP contribution < -0.4 is 16.0 Å². The second kappa shape index (κ2) is 13.0. The molecule has 8 heteroatoms. The molecule has 0 saturated heterocycles. The number of aromatic nitrogens is 2. The largest absolute Gasteiger partial charge is 0.357 e. The van der Waals surface area contributed by atoms with Crippen molar-refractivity contribution in [1.29, 1.82) is 0 Å². The number of nitrogens with zero attached hydrogens (tertiary/aromatic N) is 3. The highest BCUT2D eigenvalue weighted by Gasteiger charge is 2.04. The van der Waals surface area contributed by atoms with E-state index in [1.54, 1.807) is 30.7 Å². The van der Waals surface area contributed by atoms with Gasteiger partial charge in [0.25, 0.3) is 5.91 Å². The van der Waals surface area contributed by atoms with Gasteiger partial charge in [0.1, 0.15) is 0 Å². The van der Waals surface area contributed by atoms with E-state index in [0.717, 1.165) is 24.6 Å². The van der Waals surface area contributed by atoms with Gasteiger partial charge in [-0.05, 0) is 31.2 Å². The van der Waals surface area contributed by atoms with Gasteiger partial charge in [-0.15, -0.1) is 24.0 Å². The summed E-state index contributed by atoms with van der Waals surface area (Å²) in [5.74, 6) is 0.598. The van der Waals surface area contributed by atoms with E-state index >= 15 is 0 Å². The number of aliphatic imine (C=N–C) groups is 1. The molecule has 26 heavy (non-hydrogen) atoms. The first-order chi connectivity index (χ1) is 12.3. The predicted octanol–water partition coefficient (Wildman–Crippen LogP) is 1.62. The monoisotopic (exact) mass is 468 g/mol. The van der Waals surface area contributed by atoms with Crippen LogP contribution in [0.2, 0.25) is 0 Å². The molecule has 1 amide bonds. The minimum absolute atomic E-state index is 0. The Bertz CT molecular complexity index is 666. The third kappa shape index (κ3) is 8.24. The summed E-state index contributed by atoms with van der Waals surface area (Å²) >= 11 is 0. The maximum atomic E-state index is 11.9. The Labute approximate surface area is 171 Å². The summed E-state index contributed by atoms with van der Waals surface area (Å²) in [4.78, 5) is 24.6. The maximum Gasteiger partial charge on any atom is 0.252 e. The molecule has 2 rings (SSSR count). The Hall–Kier alpha value is -2.23. The number of nitrogens with one attached hydrogen (secondary N) is 3. The van der Waals surface area contributed by atoms with E-state index in [1.165, 1.54) is 0 Å². The van der Waals surface area contributed by atoms with Crippen LogP contribution in [0.15, 0.2) is 53.9 Å². The van der Waals surface area contributed by atoms with E-state index in [9.17, 15) is 4.79 Å². The van der Waals surface area contributed by atoms with E-state index < -0.39 is 0 Å². The third-order valence-electron chi connectivity index (χ3n) is 3.33. The van der Waals surface area contributed by atoms with Gasteiger partial charge in [0, 0.05) is 56.9 Å². The first-order valence-electron chi connectivity index (χ1n) is 8.40. The van der Waals surface area contributed by atoms with Crippen LogP contribution in [-0.4, -0.2) is 48.0 Å². The Morgan fingerprint density at radius 2 is 1.92 bits per heavy atom. The fourth-order valence-corrected chi connectivity index (χ4v) is 2.13. The molecule has 2 heterocycles. The van der Waals surface area contributed by atoms with Gasteiger partial charge < -0.3 is 16.0 Å². The topological polar surface area (TPSA) is 91.3 Å². The molecule has 0 unspecified atom stereocenters. The zero-order valence-corrected chi connectivity index (χ0v) is 17.1. The standard InChI is InChI=1S/C18H24N6O.HI/c1-2-20-18(23-11-8-16-7-3-4-10-21-16)24-13-12-22-17(25)15-6-5-9-19-14-15;/h3-7,9-10,14H,2,8,11-13H2,1H3,(H,22,25)(H2,20,23,24);1H. The summed E-state index contributed by atoms with van der Waals surface area (Å²) < 4.78 is 0. The summed E-state index contributed by atoms with van der Waals surface area (Å²) in [5.41, 5.74) is 1.57. The average molecular weight is 468 g/mol. The second-order valence-corrected chi connectivity index (χ2v) is 5.26. The molecule has 0 aliphatic heterocycles. The number of carbonyl (C=O) groups is 1. The molecule has 2 aromatic heterocycles. The van der Waals surface area contributed by atoms with Crippen molar-refractivity contribution in [3.8, 4) is 0 Å². The molecule has 0 fully saturated rings.